The van der Waals surface area contributed by atoms with E-state index >= 15 is 0 Å². The Labute approximate surface area is 365 Å². The molecule has 302 valence electrons. The van der Waals surface area contributed by atoms with Crippen LogP contribution in [0.3, 0.4) is 0 Å². The topological polar surface area (TPSA) is 83.7 Å². The molecular formula is C57H42N4O2. The summed E-state index contributed by atoms with van der Waals surface area (Å²) in [6.45, 7) is 12.7. The van der Waals surface area contributed by atoms with E-state index in [0.717, 1.165) is 105 Å². The van der Waals surface area contributed by atoms with Crippen molar-refractivity contribution < 1.29 is 8.83 Å². The Morgan fingerprint density at radius 1 is 0.571 bits per heavy atom. The van der Waals surface area contributed by atoms with Crippen LogP contribution in [0, 0.1) is 36.5 Å². The number of nitriles is 2. The highest BCUT2D eigenvalue weighted by Crippen LogP contribution is 2.44. The third kappa shape index (κ3) is 6.23. The van der Waals surface area contributed by atoms with E-state index in [1.165, 1.54) is 0 Å². The van der Waals surface area contributed by atoms with Gasteiger partial charge in [0.15, 0.2) is 0 Å². The Bertz CT molecular complexity index is 3740. The molecule has 0 aliphatic heterocycles. The fourth-order valence-corrected chi connectivity index (χ4v) is 9.44. The van der Waals surface area contributed by atoms with Crippen LogP contribution in [0.1, 0.15) is 47.5 Å². The first-order valence-corrected chi connectivity index (χ1v) is 21.1. The van der Waals surface area contributed by atoms with Crippen LogP contribution in [0.4, 0.5) is 0 Å². The van der Waals surface area contributed by atoms with Crippen molar-refractivity contribution in [2.24, 2.45) is 0 Å². The van der Waals surface area contributed by atoms with Crippen molar-refractivity contribution in [2.45, 2.75) is 34.1 Å². The maximum Gasteiger partial charge on any atom is 0.135 e. The van der Waals surface area contributed by atoms with Crippen molar-refractivity contribution in [3.63, 3.8) is 0 Å². The number of fused-ring (bicyclic) bond motifs is 8. The van der Waals surface area contributed by atoms with Crippen LogP contribution in [-0.4, -0.2) is 9.13 Å². The van der Waals surface area contributed by atoms with Gasteiger partial charge in [0.25, 0.3) is 0 Å². The maximum absolute atomic E-state index is 12.1. The lowest BCUT2D eigenvalue weighted by Crippen LogP contribution is -2.11. The average Bonchev–Trinajstić information content (AvgIpc) is 4.04. The maximum atomic E-state index is 12.1. The van der Waals surface area contributed by atoms with Crippen molar-refractivity contribution >= 4 is 94.8 Å². The van der Waals surface area contributed by atoms with Gasteiger partial charge in [-0.05, 0) is 111 Å². The van der Waals surface area contributed by atoms with Crippen LogP contribution in [0.2, 0.25) is 0 Å². The number of hydrogen-bond donors (Lipinski definition) is 0. The molecule has 0 amide bonds. The predicted octanol–water partition coefficient (Wildman–Crippen LogP) is 15.2. The summed E-state index contributed by atoms with van der Waals surface area (Å²) in [6, 6.07) is 50.2. The first kappa shape index (κ1) is 38.9. The first-order chi connectivity index (χ1) is 30.8. The minimum Gasteiger partial charge on any atom is -0.456 e. The highest BCUT2D eigenvalue weighted by molar-refractivity contribution is 6.12. The number of aryl methyl sites for hydroxylation is 2. The largest absolute Gasteiger partial charge is 0.456 e. The molecule has 0 saturated heterocycles. The van der Waals surface area contributed by atoms with Gasteiger partial charge in [0.1, 0.15) is 34.5 Å². The SMILES string of the molecule is C=C(C#N)/C(=C(\C(C#N)=C(/Cc1ccc2oc3ccccc3c2c1)n1c(/C=C\C)c(C)c2ccccc21)c1ccc2oc3ccccc3c2c1)n1c(/C=C\C)c(C)c2ccccc21. The molecular weight excluding hydrogens is 773 g/mol. The lowest BCUT2D eigenvalue weighted by atomic mass is 9.89. The van der Waals surface area contributed by atoms with Crippen molar-refractivity contribution in [3.05, 3.63) is 197 Å². The standard InChI is InChI=1S/C57H42N4O2/c1-6-16-47-36(4)40-18-8-12-22-49(40)60(47)51(31-38-26-28-54-44(30-38)42-20-10-14-24-52(42)62-54)46(34-59)56(39-27-29-55-45(32-39)43-21-11-15-25-53(43)63-55)57(35(3)33-58)61-48(17-7-2)37(5)41-19-9-13-23-50(41)61/h6-30,32H,3,31H2,1-2,4-5H3/b16-6-,17-7-,51-46+,57-56+. The Hall–Kier alpha value is -8.32. The second kappa shape index (κ2) is 15.6. The summed E-state index contributed by atoms with van der Waals surface area (Å²) in [5.74, 6) is 0. The molecule has 0 atom stereocenters. The van der Waals surface area contributed by atoms with Crippen LogP contribution in [0.5, 0.6) is 0 Å². The van der Waals surface area contributed by atoms with E-state index in [2.05, 4.69) is 115 Å². The number of nitrogens with zero attached hydrogens (tertiary/aromatic N) is 4. The Morgan fingerprint density at radius 2 is 1.06 bits per heavy atom. The van der Waals surface area contributed by atoms with Crippen molar-refractivity contribution in [2.75, 3.05) is 0 Å². The molecule has 0 unspecified atom stereocenters. The quantitative estimate of drug-likeness (QED) is 0.107. The summed E-state index contributed by atoms with van der Waals surface area (Å²) in [5.41, 5.74) is 13.2. The molecule has 4 aromatic heterocycles. The van der Waals surface area contributed by atoms with Crippen molar-refractivity contribution in [1.29, 1.82) is 10.5 Å². The van der Waals surface area contributed by atoms with Crippen LogP contribution >= 0.6 is 0 Å². The van der Waals surface area contributed by atoms with Crippen LogP contribution in [-0.2, 0) is 6.42 Å². The number of furan rings is 2. The molecule has 0 aliphatic rings. The number of para-hydroxylation sites is 4. The molecule has 6 heteroatoms. The normalized spacial score (nSPS) is 12.9. The first-order valence-electron chi connectivity index (χ1n) is 21.1. The zero-order valence-electron chi connectivity index (χ0n) is 35.5. The fraction of sp³-hybridized carbons (Fsp3) is 0.0877. The van der Waals surface area contributed by atoms with Gasteiger partial charge < -0.3 is 18.0 Å². The summed E-state index contributed by atoms with van der Waals surface area (Å²) in [4.78, 5) is 0. The predicted molar refractivity (Wildman–Crippen MR) is 261 cm³/mol. The third-order valence-electron chi connectivity index (χ3n) is 12.3. The Kier molecular flexibility index (Phi) is 9.63. The van der Waals surface area contributed by atoms with Gasteiger partial charge >= 0.3 is 0 Å². The molecule has 0 N–H and O–H groups in total. The van der Waals surface area contributed by atoms with Gasteiger partial charge in [0.05, 0.1) is 27.9 Å². The lowest BCUT2D eigenvalue weighted by molar-refractivity contribution is 0.668. The second-order valence-electron chi connectivity index (χ2n) is 15.9. The summed E-state index contributed by atoms with van der Waals surface area (Å²) >= 11 is 0. The fourth-order valence-electron chi connectivity index (χ4n) is 9.44. The Morgan fingerprint density at radius 3 is 1.63 bits per heavy atom. The number of aromatic nitrogens is 2. The molecule has 0 radical (unpaired) electrons. The van der Waals surface area contributed by atoms with E-state index in [0.29, 0.717) is 23.3 Å². The van der Waals surface area contributed by atoms with Gasteiger partial charge in [-0.25, -0.2) is 0 Å². The molecule has 0 fully saturated rings. The minimum absolute atomic E-state index is 0.217. The van der Waals surface area contributed by atoms with Crippen LogP contribution < -0.4 is 0 Å². The van der Waals surface area contributed by atoms with Gasteiger partial charge in [-0.15, -0.1) is 0 Å². The number of benzene rings is 6. The van der Waals surface area contributed by atoms with Gasteiger partial charge in [-0.2, -0.15) is 10.5 Å². The van der Waals surface area contributed by atoms with Gasteiger partial charge in [-0.1, -0.05) is 104 Å². The van der Waals surface area contributed by atoms with E-state index in [1.54, 1.807) is 0 Å². The number of allylic oxidation sites excluding steroid dienone is 7. The van der Waals surface area contributed by atoms with E-state index in [9.17, 15) is 10.5 Å². The molecule has 6 aromatic carbocycles. The zero-order chi connectivity index (χ0) is 43.4. The van der Waals surface area contributed by atoms with Crippen molar-refractivity contribution in [1.82, 2.24) is 9.13 Å². The molecule has 10 aromatic rings. The molecule has 0 bridgehead atoms. The molecule has 63 heavy (non-hydrogen) atoms. The summed E-state index contributed by atoms with van der Waals surface area (Å²) < 4.78 is 17.0. The Balaban J connectivity index is 1.41. The minimum atomic E-state index is 0.217. The van der Waals surface area contributed by atoms with Gasteiger partial charge in [0.2, 0.25) is 0 Å². The summed E-state index contributed by atoms with van der Waals surface area (Å²) in [6.07, 6.45) is 8.60. The molecule has 0 saturated carbocycles. The average molecular weight is 815 g/mol. The number of hydrogen-bond acceptors (Lipinski definition) is 4. The summed E-state index contributed by atoms with van der Waals surface area (Å²) in [7, 11) is 0. The molecule has 0 spiro atoms. The summed E-state index contributed by atoms with van der Waals surface area (Å²) in [5, 5.41) is 29.2. The highest BCUT2D eigenvalue weighted by Gasteiger charge is 2.29. The van der Waals surface area contributed by atoms with E-state index in [4.69, 9.17) is 8.83 Å². The number of rotatable bonds is 9. The van der Waals surface area contributed by atoms with Crippen LogP contribution in [0.15, 0.2) is 172 Å². The van der Waals surface area contributed by atoms with Gasteiger partial charge in [-0.3, -0.25) is 0 Å². The lowest BCUT2D eigenvalue weighted by Gasteiger charge is -2.23. The third-order valence-corrected chi connectivity index (χ3v) is 12.3. The van der Waals surface area contributed by atoms with Crippen molar-refractivity contribution in [3.8, 4) is 12.1 Å². The van der Waals surface area contributed by atoms with Crippen LogP contribution in [0.25, 0.3) is 94.8 Å². The smallest absolute Gasteiger partial charge is 0.135 e. The monoisotopic (exact) mass is 814 g/mol. The second-order valence-corrected chi connectivity index (χ2v) is 15.9. The van der Waals surface area contributed by atoms with E-state index < -0.39 is 0 Å². The molecule has 6 nitrogen and oxygen atoms in total. The van der Waals surface area contributed by atoms with Gasteiger partial charge in [0, 0.05) is 61.4 Å². The molecule has 0 aliphatic carbocycles. The van der Waals surface area contributed by atoms with E-state index in [1.807, 2.05) is 98.8 Å². The zero-order valence-corrected chi connectivity index (χ0v) is 35.5. The highest BCUT2D eigenvalue weighted by atomic mass is 16.3. The molecule has 4 heterocycles. The molecule has 10 rings (SSSR count). The van der Waals surface area contributed by atoms with E-state index in [-0.39, 0.29) is 5.57 Å².